The number of hydrogen-bond donors (Lipinski definition) is 0. The first-order valence-electron chi connectivity index (χ1n) is 7.66. The highest BCUT2D eigenvalue weighted by atomic mass is 31.1. The van der Waals surface area contributed by atoms with Crippen LogP contribution in [-0.4, -0.2) is 12.2 Å². The van der Waals surface area contributed by atoms with Gasteiger partial charge >= 0.3 is 8.46 Å². The maximum atomic E-state index is 10.3. The summed E-state index contributed by atoms with van der Waals surface area (Å²) in [5, 5.41) is 0. The van der Waals surface area contributed by atoms with Gasteiger partial charge in [-0.05, 0) is 30.4 Å². The number of hydrogen-bond acceptors (Lipinski definition) is 3. The highest BCUT2D eigenvalue weighted by molar-refractivity contribution is 7.23. The molecule has 0 amide bonds. The summed E-state index contributed by atoms with van der Waals surface area (Å²) >= 11 is 0. The third kappa shape index (κ3) is 8.55. The molecule has 1 aromatic rings. The van der Waals surface area contributed by atoms with E-state index in [-0.39, 0.29) is 8.46 Å². The molecular formula is C17H27NO2P+. The molecule has 0 radical (unpaired) electrons. The van der Waals surface area contributed by atoms with Crippen LogP contribution in [0.25, 0.3) is 0 Å². The second-order valence-corrected chi connectivity index (χ2v) is 5.89. The Morgan fingerprint density at radius 3 is 2.10 bits per heavy atom. The van der Waals surface area contributed by atoms with Gasteiger partial charge in [0.2, 0.25) is 6.08 Å². The molecule has 1 rings (SSSR count). The molecule has 21 heavy (non-hydrogen) atoms. The third-order valence-corrected chi connectivity index (χ3v) is 4.72. The van der Waals surface area contributed by atoms with Gasteiger partial charge in [-0.1, -0.05) is 62.8 Å². The van der Waals surface area contributed by atoms with E-state index in [0.29, 0.717) is 11.1 Å². The Balaban J connectivity index is 0.000000394. The smallest absolute Gasteiger partial charge is 0.211 e. The number of isocyanates is 1. The van der Waals surface area contributed by atoms with Crippen molar-refractivity contribution < 1.29 is 9.36 Å². The zero-order valence-corrected chi connectivity index (χ0v) is 14.4. The predicted octanol–water partition coefficient (Wildman–Crippen LogP) is 5.66. The van der Waals surface area contributed by atoms with Gasteiger partial charge in [0.05, 0.1) is 5.69 Å². The van der Waals surface area contributed by atoms with Crippen LogP contribution in [0.15, 0.2) is 35.3 Å². The highest BCUT2D eigenvalue weighted by Gasteiger charge is 2.23. The molecule has 1 unspecified atom stereocenters. The Morgan fingerprint density at radius 1 is 1.10 bits per heavy atom. The van der Waals surface area contributed by atoms with Gasteiger partial charge in [0.1, 0.15) is 6.16 Å². The van der Waals surface area contributed by atoms with Gasteiger partial charge in [0, 0.05) is 0 Å². The van der Waals surface area contributed by atoms with E-state index >= 15 is 0 Å². The van der Waals surface area contributed by atoms with Gasteiger partial charge in [0.25, 0.3) is 0 Å². The van der Waals surface area contributed by atoms with Crippen LogP contribution in [0.2, 0.25) is 0 Å². The first-order chi connectivity index (χ1) is 10.2. The maximum absolute atomic E-state index is 10.3. The van der Waals surface area contributed by atoms with Crippen molar-refractivity contribution >= 4 is 20.2 Å². The normalized spacial score (nSPS) is 10.4. The fraction of sp³-hybridized carbons (Fsp3) is 0.588. The van der Waals surface area contributed by atoms with Crippen LogP contribution in [0.4, 0.5) is 5.69 Å². The Hall–Kier alpha value is -1.30. The SMILES string of the molecule is CCC(CC)(CC)CCC[PH+]=O.O=C=Nc1ccccc1. The van der Waals surface area contributed by atoms with Crippen LogP contribution >= 0.6 is 8.46 Å². The number of benzene rings is 1. The molecule has 0 spiro atoms. The summed E-state index contributed by atoms with van der Waals surface area (Å²) in [6.45, 7) is 6.81. The molecule has 0 saturated heterocycles. The molecule has 0 bridgehead atoms. The van der Waals surface area contributed by atoms with Gasteiger partial charge in [-0.3, -0.25) is 0 Å². The number of aliphatic imine (C=N–C) groups is 1. The second kappa shape index (κ2) is 12.4. The van der Waals surface area contributed by atoms with Crippen molar-refractivity contribution in [2.75, 3.05) is 6.16 Å². The second-order valence-electron chi connectivity index (χ2n) is 5.10. The standard InChI is InChI=1S/C10H21OP.C7H5NO/c1-4-10(5-2,6-3)8-7-9-12-11;9-6-8-7-4-2-1-3-5-7/h4-9H2,1-3H3;1-5H/p+1. The van der Waals surface area contributed by atoms with Crippen LogP contribution in [0, 0.1) is 5.41 Å². The van der Waals surface area contributed by atoms with Gasteiger partial charge < -0.3 is 0 Å². The lowest BCUT2D eigenvalue weighted by atomic mass is 9.76. The maximum Gasteiger partial charge on any atom is 0.324 e. The van der Waals surface area contributed by atoms with Gasteiger partial charge in [-0.2, -0.15) is 4.99 Å². The highest BCUT2D eigenvalue weighted by Crippen LogP contribution is 2.35. The van der Waals surface area contributed by atoms with Crippen LogP contribution in [-0.2, 0) is 9.36 Å². The lowest BCUT2D eigenvalue weighted by Crippen LogP contribution is -2.17. The molecule has 0 aliphatic heterocycles. The molecule has 0 fully saturated rings. The van der Waals surface area contributed by atoms with Crippen molar-refractivity contribution in [1.29, 1.82) is 0 Å². The summed E-state index contributed by atoms with van der Waals surface area (Å²) in [5.74, 6) is 0. The summed E-state index contributed by atoms with van der Waals surface area (Å²) < 4.78 is 10.3. The van der Waals surface area contributed by atoms with Crippen molar-refractivity contribution in [2.45, 2.75) is 52.9 Å². The third-order valence-electron chi connectivity index (χ3n) is 4.17. The minimum atomic E-state index is -0.102. The van der Waals surface area contributed by atoms with Crippen LogP contribution in [0.1, 0.15) is 52.9 Å². The van der Waals surface area contributed by atoms with Crippen molar-refractivity contribution in [3.63, 3.8) is 0 Å². The molecule has 0 saturated carbocycles. The van der Waals surface area contributed by atoms with E-state index in [2.05, 4.69) is 25.8 Å². The summed E-state index contributed by atoms with van der Waals surface area (Å²) in [6, 6.07) is 8.98. The quantitative estimate of drug-likeness (QED) is 0.269. The van der Waals surface area contributed by atoms with Crippen LogP contribution in [0.3, 0.4) is 0 Å². The summed E-state index contributed by atoms with van der Waals surface area (Å²) in [4.78, 5) is 13.1. The Bertz CT molecular complexity index is 415. The van der Waals surface area contributed by atoms with Gasteiger partial charge in [-0.15, -0.1) is 0 Å². The molecule has 116 valence electrons. The molecule has 0 aliphatic rings. The molecule has 0 aromatic heterocycles. The fourth-order valence-corrected chi connectivity index (χ4v) is 2.69. The van der Waals surface area contributed by atoms with Crippen molar-refractivity contribution in [1.82, 2.24) is 0 Å². The molecule has 0 heterocycles. The Morgan fingerprint density at radius 2 is 1.67 bits per heavy atom. The van der Waals surface area contributed by atoms with E-state index in [1.165, 1.54) is 31.8 Å². The topological polar surface area (TPSA) is 46.5 Å². The number of carbonyl (C=O) groups excluding carboxylic acids is 1. The average molecular weight is 308 g/mol. The van der Waals surface area contributed by atoms with E-state index in [4.69, 9.17) is 0 Å². The average Bonchev–Trinajstić information content (AvgIpc) is 2.54. The minimum absolute atomic E-state index is 0.102. The number of para-hydroxylation sites is 1. The minimum Gasteiger partial charge on any atom is -0.211 e. The summed E-state index contributed by atoms with van der Waals surface area (Å²) in [6.07, 6.45) is 8.54. The molecule has 4 heteroatoms. The van der Waals surface area contributed by atoms with Gasteiger partial charge in [0.15, 0.2) is 0 Å². The van der Waals surface area contributed by atoms with Crippen LogP contribution in [0.5, 0.6) is 0 Å². The first-order valence-corrected chi connectivity index (χ1v) is 8.77. The van der Waals surface area contributed by atoms with Crippen LogP contribution < -0.4 is 0 Å². The molecule has 1 aromatic carbocycles. The Labute approximate surface area is 130 Å². The Kier molecular flexibility index (Phi) is 11.7. The lowest BCUT2D eigenvalue weighted by Gasteiger charge is -2.29. The van der Waals surface area contributed by atoms with Crippen molar-refractivity contribution in [3.8, 4) is 0 Å². The number of rotatable bonds is 8. The fourth-order valence-electron chi connectivity index (χ4n) is 2.37. The zero-order chi connectivity index (χ0) is 16.0. The van der Waals surface area contributed by atoms with E-state index in [1.54, 1.807) is 12.1 Å². The van der Waals surface area contributed by atoms with E-state index < -0.39 is 0 Å². The molecule has 0 N–H and O–H groups in total. The monoisotopic (exact) mass is 308 g/mol. The predicted molar refractivity (Wildman–Crippen MR) is 90.6 cm³/mol. The van der Waals surface area contributed by atoms with E-state index in [0.717, 1.165) is 12.6 Å². The lowest BCUT2D eigenvalue weighted by molar-refractivity contribution is 0.227. The zero-order valence-electron chi connectivity index (χ0n) is 13.4. The van der Waals surface area contributed by atoms with E-state index in [1.807, 2.05) is 18.2 Å². The largest absolute Gasteiger partial charge is 0.324 e. The summed E-state index contributed by atoms with van der Waals surface area (Å²) in [5.41, 5.74) is 1.19. The molecule has 3 nitrogen and oxygen atoms in total. The first kappa shape index (κ1) is 19.7. The summed E-state index contributed by atoms with van der Waals surface area (Å²) in [7, 11) is -0.102. The molecule has 0 aliphatic carbocycles. The van der Waals surface area contributed by atoms with Gasteiger partial charge in [-0.25, -0.2) is 4.79 Å². The molecule has 1 atom stereocenters. The van der Waals surface area contributed by atoms with Crippen molar-refractivity contribution in [2.24, 2.45) is 10.4 Å². The molecular weight excluding hydrogens is 281 g/mol. The van der Waals surface area contributed by atoms with Crippen molar-refractivity contribution in [3.05, 3.63) is 30.3 Å². The number of nitrogens with zero attached hydrogens (tertiary/aromatic N) is 1. The van der Waals surface area contributed by atoms with E-state index in [9.17, 15) is 9.36 Å².